The Balaban J connectivity index is 1.76. The molecule has 0 unspecified atom stereocenters. The maximum Gasteiger partial charge on any atom is 0.150 e. The second-order valence-corrected chi connectivity index (χ2v) is 8.21. The highest BCUT2D eigenvalue weighted by Gasteiger charge is 2.15. The second-order valence-electron chi connectivity index (χ2n) is 8.21. The van der Waals surface area contributed by atoms with Crippen molar-refractivity contribution in [3.63, 3.8) is 0 Å². The standard InChI is InChI=1S/C26H28O4/c1-18-12-24(30-17-26(3,4)28)13-19(2)25(18)22-7-5-6-21(14-22)16-29-23-10-8-20(15-27)9-11-23/h5-15,28H,16-17H2,1-4H3. The van der Waals surface area contributed by atoms with E-state index in [1.807, 2.05) is 24.3 Å². The molecule has 3 aromatic carbocycles. The van der Waals surface area contributed by atoms with Crippen molar-refractivity contribution in [3.05, 3.63) is 82.9 Å². The lowest BCUT2D eigenvalue weighted by molar-refractivity contribution is 0.0284. The van der Waals surface area contributed by atoms with Crippen molar-refractivity contribution < 1.29 is 19.4 Å². The normalized spacial score (nSPS) is 11.2. The average molecular weight is 405 g/mol. The van der Waals surface area contributed by atoms with Crippen LogP contribution in [-0.2, 0) is 6.61 Å². The fourth-order valence-electron chi connectivity index (χ4n) is 3.35. The van der Waals surface area contributed by atoms with Gasteiger partial charge in [-0.2, -0.15) is 0 Å². The highest BCUT2D eigenvalue weighted by Crippen LogP contribution is 2.32. The van der Waals surface area contributed by atoms with Crippen molar-refractivity contribution in [3.8, 4) is 22.6 Å². The van der Waals surface area contributed by atoms with E-state index >= 15 is 0 Å². The van der Waals surface area contributed by atoms with Gasteiger partial charge in [-0.3, -0.25) is 4.79 Å². The number of benzene rings is 3. The summed E-state index contributed by atoms with van der Waals surface area (Å²) in [5.41, 5.74) is 5.34. The summed E-state index contributed by atoms with van der Waals surface area (Å²) in [7, 11) is 0. The van der Waals surface area contributed by atoms with Crippen LogP contribution < -0.4 is 9.47 Å². The Labute approximate surface area is 178 Å². The average Bonchev–Trinajstić information content (AvgIpc) is 2.70. The van der Waals surface area contributed by atoms with Crippen LogP contribution in [0.5, 0.6) is 11.5 Å². The third-order valence-corrected chi connectivity index (χ3v) is 4.74. The van der Waals surface area contributed by atoms with Gasteiger partial charge in [-0.15, -0.1) is 0 Å². The topological polar surface area (TPSA) is 55.8 Å². The number of carbonyl (C=O) groups is 1. The molecule has 0 saturated carbocycles. The highest BCUT2D eigenvalue weighted by atomic mass is 16.5. The van der Waals surface area contributed by atoms with Gasteiger partial charge in [0.1, 0.15) is 31.0 Å². The summed E-state index contributed by atoms with van der Waals surface area (Å²) >= 11 is 0. The maximum atomic E-state index is 10.8. The minimum Gasteiger partial charge on any atom is -0.491 e. The zero-order valence-corrected chi connectivity index (χ0v) is 17.9. The molecule has 0 bridgehead atoms. The molecule has 0 radical (unpaired) electrons. The lowest BCUT2D eigenvalue weighted by atomic mass is 9.94. The SMILES string of the molecule is Cc1cc(OCC(C)(C)O)cc(C)c1-c1cccc(COc2ccc(C=O)cc2)c1. The van der Waals surface area contributed by atoms with Crippen LogP contribution >= 0.6 is 0 Å². The molecule has 0 amide bonds. The van der Waals surface area contributed by atoms with Crippen molar-refractivity contribution in [2.24, 2.45) is 0 Å². The summed E-state index contributed by atoms with van der Waals surface area (Å²) in [6, 6.07) is 19.4. The molecule has 0 saturated heterocycles. The Hall–Kier alpha value is -3.11. The monoisotopic (exact) mass is 404 g/mol. The summed E-state index contributed by atoms with van der Waals surface area (Å²) in [6.07, 6.45) is 0.818. The zero-order valence-electron chi connectivity index (χ0n) is 17.9. The molecule has 1 N–H and O–H groups in total. The Bertz CT molecular complexity index is 991. The largest absolute Gasteiger partial charge is 0.491 e. The van der Waals surface area contributed by atoms with Gasteiger partial charge in [0.25, 0.3) is 0 Å². The number of hydrogen-bond donors (Lipinski definition) is 1. The number of aldehydes is 1. The zero-order chi connectivity index (χ0) is 21.7. The molecule has 4 nitrogen and oxygen atoms in total. The van der Waals surface area contributed by atoms with Gasteiger partial charge in [0.2, 0.25) is 0 Å². The first kappa shape index (κ1) is 21.6. The molecule has 0 aliphatic carbocycles. The molecule has 0 atom stereocenters. The van der Waals surface area contributed by atoms with Crippen LogP contribution in [0.1, 0.15) is 40.9 Å². The van der Waals surface area contributed by atoms with Gasteiger partial charge in [-0.1, -0.05) is 18.2 Å². The Kier molecular flexibility index (Phi) is 6.58. The van der Waals surface area contributed by atoms with Crippen molar-refractivity contribution in [2.75, 3.05) is 6.61 Å². The molecule has 4 heteroatoms. The smallest absolute Gasteiger partial charge is 0.150 e. The molecule has 0 aromatic heterocycles. The van der Waals surface area contributed by atoms with E-state index in [1.54, 1.807) is 38.1 Å². The van der Waals surface area contributed by atoms with E-state index in [9.17, 15) is 9.90 Å². The molecule has 0 aliphatic rings. The van der Waals surface area contributed by atoms with Crippen LogP contribution in [-0.4, -0.2) is 23.6 Å². The lowest BCUT2D eigenvalue weighted by Gasteiger charge is -2.19. The minimum absolute atomic E-state index is 0.242. The van der Waals surface area contributed by atoms with Gasteiger partial charge in [0.15, 0.2) is 0 Å². The van der Waals surface area contributed by atoms with Crippen molar-refractivity contribution in [1.82, 2.24) is 0 Å². The first-order valence-corrected chi connectivity index (χ1v) is 9.99. The van der Waals surface area contributed by atoms with Crippen LogP contribution in [0.3, 0.4) is 0 Å². The van der Waals surface area contributed by atoms with E-state index in [0.29, 0.717) is 12.2 Å². The second kappa shape index (κ2) is 9.14. The van der Waals surface area contributed by atoms with Crippen LogP contribution in [0, 0.1) is 13.8 Å². The summed E-state index contributed by atoms with van der Waals surface area (Å²) in [5, 5.41) is 9.89. The number of aryl methyl sites for hydroxylation is 2. The first-order valence-electron chi connectivity index (χ1n) is 9.99. The first-order chi connectivity index (χ1) is 14.2. The van der Waals surface area contributed by atoms with Gasteiger partial charge >= 0.3 is 0 Å². The maximum absolute atomic E-state index is 10.8. The molecule has 3 rings (SSSR count). The number of carbonyl (C=O) groups excluding carboxylic acids is 1. The van der Waals surface area contributed by atoms with Crippen molar-refractivity contribution in [2.45, 2.75) is 39.9 Å². The van der Waals surface area contributed by atoms with Crippen molar-refractivity contribution >= 4 is 6.29 Å². The Morgan fingerprint density at radius 1 is 0.900 bits per heavy atom. The highest BCUT2D eigenvalue weighted by molar-refractivity contribution is 5.75. The van der Waals surface area contributed by atoms with Gasteiger partial charge in [-0.05, 0) is 98.0 Å². The predicted octanol–water partition coefficient (Wildman–Crippen LogP) is 5.51. The molecule has 0 spiro atoms. The fourth-order valence-corrected chi connectivity index (χ4v) is 3.35. The Morgan fingerprint density at radius 3 is 2.17 bits per heavy atom. The lowest BCUT2D eigenvalue weighted by Crippen LogP contribution is -2.27. The molecular weight excluding hydrogens is 376 g/mol. The number of aliphatic hydroxyl groups is 1. The van der Waals surface area contributed by atoms with Crippen LogP contribution in [0.4, 0.5) is 0 Å². The molecular formula is C26H28O4. The van der Waals surface area contributed by atoms with E-state index < -0.39 is 5.60 Å². The van der Waals surface area contributed by atoms with Gasteiger partial charge in [0, 0.05) is 5.56 Å². The molecule has 3 aromatic rings. The van der Waals surface area contributed by atoms with Crippen LogP contribution in [0.25, 0.3) is 11.1 Å². The van der Waals surface area contributed by atoms with Crippen molar-refractivity contribution in [1.29, 1.82) is 0 Å². The summed E-state index contributed by atoms with van der Waals surface area (Å²) < 4.78 is 11.6. The summed E-state index contributed by atoms with van der Waals surface area (Å²) in [5.74, 6) is 1.49. The van der Waals surface area contributed by atoms with E-state index in [0.717, 1.165) is 40.0 Å². The molecule has 0 aliphatic heterocycles. The van der Waals surface area contributed by atoms with Gasteiger partial charge in [0.05, 0.1) is 5.60 Å². The molecule has 0 fully saturated rings. The number of hydrogen-bond acceptors (Lipinski definition) is 4. The number of ether oxygens (including phenoxy) is 2. The Morgan fingerprint density at radius 2 is 1.57 bits per heavy atom. The molecule has 0 heterocycles. The fraction of sp³-hybridized carbons (Fsp3) is 0.269. The molecule has 156 valence electrons. The van der Waals surface area contributed by atoms with E-state index in [1.165, 1.54) is 5.56 Å². The third kappa shape index (κ3) is 5.71. The minimum atomic E-state index is -0.873. The van der Waals surface area contributed by atoms with E-state index in [-0.39, 0.29) is 6.61 Å². The number of rotatable bonds is 8. The van der Waals surface area contributed by atoms with E-state index in [2.05, 4.69) is 26.0 Å². The van der Waals surface area contributed by atoms with Gasteiger partial charge < -0.3 is 14.6 Å². The van der Waals surface area contributed by atoms with E-state index in [4.69, 9.17) is 9.47 Å². The quantitative estimate of drug-likeness (QED) is 0.503. The van der Waals surface area contributed by atoms with Crippen LogP contribution in [0.2, 0.25) is 0 Å². The van der Waals surface area contributed by atoms with Gasteiger partial charge in [-0.25, -0.2) is 0 Å². The summed E-state index contributed by atoms with van der Waals surface area (Å²) in [4.78, 5) is 10.8. The van der Waals surface area contributed by atoms with Crippen LogP contribution in [0.15, 0.2) is 60.7 Å². The molecule has 30 heavy (non-hydrogen) atoms. The predicted molar refractivity (Wildman–Crippen MR) is 119 cm³/mol. The third-order valence-electron chi connectivity index (χ3n) is 4.74. The summed E-state index contributed by atoms with van der Waals surface area (Å²) in [6.45, 7) is 8.27.